The maximum absolute atomic E-state index is 12.3. The Kier molecular flexibility index (Phi) is 3.55. The van der Waals surface area contributed by atoms with E-state index in [1.807, 2.05) is 20.8 Å². The van der Waals surface area contributed by atoms with E-state index in [0.717, 1.165) is 5.69 Å². The van der Waals surface area contributed by atoms with E-state index in [1.54, 1.807) is 6.07 Å². The fourth-order valence-corrected chi connectivity index (χ4v) is 3.30. The molecule has 0 saturated carbocycles. The maximum atomic E-state index is 12.3. The molecule has 2 aromatic heterocycles. The van der Waals surface area contributed by atoms with Crippen molar-refractivity contribution in [2.45, 2.75) is 31.2 Å². The number of nitrogens with one attached hydrogen (secondary N) is 2. The molecule has 2 N–H and O–H groups in total. The van der Waals surface area contributed by atoms with Crippen LogP contribution in [0, 0.1) is 0 Å². The number of H-pyrrole nitrogens is 1. The topological polar surface area (TPSA) is 92.7 Å². The predicted molar refractivity (Wildman–Crippen MR) is 76.3 cm³/mol. The first-order valence-electron chi connectivity index (χ1n) is 5.87. The van der Waals surface area contributed by atoms with Crippen molar-refractivity contribution < 1.29 is 8.42 Å². The van der Waals surface area contributed by atoms with Gasteiger partial charge in [0.1, 0.15) is 0 Å². The van der Waals surface area contributed by atoms with Gasteiger partial charge in [-0.05, 0) is 0 Å². The molecule has 0 atom stereocenters. The average Bonchev–Trinajstić information content (AvgIpc) is 2.84. The van der Waals surface area contributed by atoms with Crippen LogP contribution in [0.15, 0.2) is 17.3 Å². The molecule has 0 aliphatic rings. The predicted octanol–water partition coefficient (Wildman–Crippen LogP) is 1.89. The molecule has 0 amide bonds. The van der Waals surface area contributed by atoms with Crippen molar-refractivity contribution in [3.63, 3.8) is 0 Å². The van der Waals surface area contributed by atoms with Crippen LogP contribution in [0.5, 0.6) is 0 Å². The van der Waals surface area contributed by atoms with E-state index >= 15 is 0 Å². The molecule has 0 bridgehead atoms. The molecular formula is C11H16ClN5O2S. The Morgan fingerprint density at radius 3 is 2.50 bits per heavy atom. The Hall–Kier alpha value is -1.54. The van der Waals surface area contributed by atoms with E-state index in [9.17, 15) is 8.42 Å². The molecule has 0 saturated heterocycles. The Morgan fingerprint density at radius 2 is 2.05 bits per heavy atom. The van der Waals surface area contributed by atoms with Crippen molar-refractivity contribution in [1.29, 1.82) is 0 Å². The van der Waals surface area contributed by atoms with Crippen molar-refractivity contribution in [2.75, 3.05) is 4.72 Å². The van der Waals surface area contributed by atoms with Gasteiger partial charge in [0.2, 0.25) is 0 Å². The van der Waals surface area contributed by atoms with Gasteiger partial charge in [-0.25, -0.2) is 0 Å². The first-order valence-corrected chi connectivity index (χ1v) is 7.73. The van der Waals surface area contributed by atoms with Crippen LogP contribution in [0.3, 0.4) is 0 Å². The highest BCUT2D eigenvalue weighted by Gasteiger charge is 2.25. The summed E-state index contributed by atoms with van der Waals surface area (Å²) in [4.78, 5) is 0. The van der Waals surface area contributed by atoms with Crippen molar-refractivity contribution in [2.24, 2.45) is 7.05 Å². The van der Waals surface area contributed by atoms with E-state index in [-0.39, 0.29) is 21.3 Å². The minimum absolute atomic E-state index is 0.0616. The summed E-state index contributed by atoms with van der Waals surface area (Å²) in [5.41, 5.74) is 0.673. The van der Waals surface area contributed by atoms with Crippen molar-refractivity contribution in [3.8, 4) is 0 Å². The lowest BCUT2D eigenvalue weighted by Crippen LogP contribution is -2.17. The number of aromatic amines is 1. The van der Waals surface area contributed by atoms with Gasteiger partial charge in [0.25, 0.3) is 10.0 Å². The molecule has 0 fully saturated rings. The number of halogens is 1. The second-order valence-electron chi connectivity index (χ2n) is 5.44. The number of sulfonamides is 1. The summed E-state index contributed by atoms with van der Waals surface area (Å²) < 4.78 is 28.1. The molecule has 0 aliphatic heterocycles. The number of nitrogens with zero attached hydrogens (tertiary/aromatic N) is 3. The van der Waals surface area contributed by atoms with Gasteiger partial charge in [0.05, 0.1) is 11.2 Å². The van der Waals surface area contributed by atoms with Gasteiger partial charge >= 0.3 is 0 Å². The van der Waals surface area contributed by atoms with Gasteiger partial charge in [-0.1, -0.05) is 32.4 Å². The number of aryl methyl sites for hydroxylation is 1. The van der Waals surface area contributed by atoms with Gasteiger partial charge in [0, 0.05) is 24.2 Å². The SMILES string of the molecule is Cn1ncc(Cl)c1S(=O)(=O)Nc1cc(C(C)(C)C)[nH]n1. The Balaban J connectivity index is 2.32. The third-order valence-corrected chi connectivity index (χ3v) is 4.58. The summed E-state index contributed by atoms with van der Waals surface area (Å²) in [6, 6.07) is 1.65. The van der Waals surface area contributed by atoms with Crippen LogP contribution in [0.2, 0.25) is 5.02 Å². The highest BCUT2D eigenvalue weighted by Crippen LogP contribution is 2.25. The van der Waals surface area contributed by atoms with Gasteiger partial charge in [-0.2, -0.15) is 18.6 Å². The van der Waals surface area contributed by atoms with Crippen molar-refractivity contribution in [3.05, 3.63) is 23.0 Å². The molecule has 0 unspecified atom stereocenters. The number of hydrogen-bond acceptors (Lipinski definition) is 4. The van der Waals surface area contributed by atoms with E-state index < -0.39 is 10.0 Å². The third-order valence-electron chi connectivity index (χ3n) is 2.72. The molecule has 110 valence electrons. The molecule has 2 heterocycles. The lowest BCUT2D eigenvalue weighted by atomic mass is 9.92. The molecule has 20 heavy (non-hydrogen) atoms. The van der Waals surface area contributed by atoms with Crippen LogP contribution in [0.1, 0.15) is 26.5 Å². The zero-order valence-corrected chi connectivity index (χ0v) is 13.2. The maximum Gasteiger partial charge on any atom is 0.281 e. The zero-order chi connectivity index (χ0) is 15.1. The van der Waals surface area contributed by atoms with Crippen molar-refractivity contribution in [1.82, 2.24) is 20.0 Å². The minimum atomic E-state index is -3.83. The summed E-state index contributed by atoms with van der Waals surface area (Å²) >= 11 is 5.84. The third kappa shape index (κ3) is 2.80. The van der Waals surface area contributed by atoms with Crippen LogP contribution in [0.25, 0.3) is 0 Å². The van der Waals surface area contributed by atoms with Gasteiger partial charge in [0.15, 0.2) is 10.8 Å². The summed E-state index contributed by atoms with van der Waals surface area (Å²) in [6.07, 6.45) is 1.28. The molecule has 2 rings (SSSR count). The van der Waals surface area contributed by atoms with Crippen LogP contribution in [-0.2, 0) is 22.5 Å². The van der Waals surface area contributed by atoms with Gasteiger partial charge < -0.3 is 0 Å². The monoisotopic (exact) mass is 317 g/mol. The zero-order valence-electron chi connectivity index (χ0n) is 11.6. The normalized spacial score (nSPS) is 12.7. The first kappa shape index (κ1) is 14.9. The van der Waals surface area contributed by atoms with E-state index in [2.05, 4.69) is 20.0 Å². The summed E-state index contributed by atoms with van der Waals surface area (Å²) in [6.45, 7) is 5.99. The Bertz CT molecular complexity index is 707. The van der Waals surface area contributed by atoms with Crippen LogP contribution >= 0.6 is 11.6 Å². The average molecular weight is 318 g/mol. The minimum Gasteiger partial charge on any atom is -0.280 e. The van der Waals surface area contributed by atoms with Crippen molar-refractivity contribution >= 4 is 27.4 Å². The standard InChI is InChI=1S/C11H16ClN5O2S/c1-11(2,3)8-5-9(15-14-8)16-20(18,19)10-7(12)6-13-17(10)4/h5-6H,1-4H3,(H2,14,15,16). The van der Waals surface area contributed by atoms with Gasteiger partial charge in [-0.3, -0.25) is 14.5 Å². The summed E-state index contributed by atoms with van der Waals surface area (Å²) in [5, 5.41) is 10.5. The molecule has 0 radical (unpaired) electrons. The van der Waals surface area contributed by atoms with Crippen LogP contribution < -0.4 is 4.72 Å². The largest absolute Gasteiger partial charge is 0.281 e. The number of anilines is 1. The van der Waals surface area contributed by atoms with E-state index in [1.165, 1.54) is 17.9 Å². The number of aromatic nitrogens is 4. The molecule has 2 aromatic rings. The molecule has 9 heteroatoms. The fraction of sp³-hybridized carbons (Fsp3) is 0.455. The molecule has 0 aliphatic carbocycles. The Morgan fingerprint density at radius 1 is 1.40 bits per heavy atom. The van der Waals surface area contributed by atoms with E-state index in [0.29, 0.717) is 0 Å². The smallest absolute Gasteiger partial charge is 0.280 e. The molecule has 0 spiro atoms. The second kappa shape index (κ2) is 4.78. The summed E-state index contributed by atoms with van der Waals surface area (Å²) in [7, 11) is -2.32. The molecule has 7 nitrogen and oxygen atoms in total. The highest BCUT2D eigenvalue weighted by atomic mass is 35.5. The lowest BCUT2D eigenvalue weighted by molar-refractivity contribution is 0.567. The highest BCUT2D eigenvalue weighted by molar-refractivity contribution is 7.92. The molecule has 0 aromatic carbocycles. The lowest BCUT2D eigenvalue weighted by Gasteiger charge is -2.14. The Labute approximate surface area is 122 Å². The number of rotatable bonds is 3. The van der Waals surface area contributed by atoms with Crippen LogP contribution in [-0.4, -0.2) is 28.4 Å². The summed E-state index contributed by atoms with van der Waals surface area (Å²) in [5.74, 6) is 0.215. The quantitative estimate of drug-likeness (QED) is 0.904. The first-order chi connectivity index (χ1) is 9.11. The second-order valence-corrected chi connectivity index (χ2v) is 7.45. The fourth-order valence-electron chi connectivity index (χ4n) is 1.65. The van der Waals surface area contributed by atoms with Crippen LogP contribution in [0.4, 0.5) is 5.82 Å². The number of hydrogen-bond donors (Lipinski definition) is 2. The van der Waals surface area contributed by atoms with Gasteiger partial charge in [-0.15, -0.1) is 0 Å². The molecular weight excluding hydrogens is 302 g/mol. The van der Waals surface area contributed by atoms with E-state index in [4.69, 9.17) is 11.6 Å².